The molecule has 0 saturated carbocycles. The van der Waals surface area contributed by atoms with Crippen molar-refractivity contribution in [3.8, 4) is 5.75 Å². The van der Waals surface area contributed by atoms with Crippen molar-refractivity contribution in [1.29, 1.82) is 0 Å². The smallest absolute Gasteiger partial charge is 0.406 e. The summed E-state index contributed by atoms with van der Waals surface area (Å²) in [6.45, 7) is 3.15. The fraction of sp³-hybridized carbons (Fsp3) is 0.348. The van der Waals surface area contributed by atoms with Gasteiger partial charge in [-0.1, -0.05) is 30.3 Å². The molecule has 1 fully saturated rings. The number of amides is 1. The van der Waals surface area contributed by atoms with Gasteiger partial charge in [-0.25, -0.2) is 4.21 Å². The Bertz CT molecular complexity index is 1220. The van der Waals surface area contributed by atoms with Crippen LogP contribution in [0.15, 0.2) is 48.5 Å². The molecule has 7 nitrogen and oxygen atoms in total. The van der Waals surface area contributed by atoms with Crippen LogP contribution in [0.2, 0.25) is 0 Å². The van der Waals surface area contributed by atoms with Crippen molar-refractivity contribution in [2.75, 3.05) is 30.5 Å². The molecule has 2 aromatic carbocycles. The third-order valence-corrected chi connectivity index (χ3v) is 7.94. The van der Waals surface area contributed by atoms with Crippen molar-refractivity contribution in [3.05, 3.63) is 59.7 Å². The van der Waals surface area contributed by atoms with Crippen molar-refractivity contribution in [3.63, 3.8) is 0 Å². The van der Waals surface area contributed by atoms with Crippen molar-refractivity contribution >= 4 is 43.6 Å². The number of alkyl halides is 3. The quantitative estimate of drug-likeness (QED) is 0.432. The molecule has 0 aliphatic carbocycles. The van der Waals surface area contributed by atoms with Gasteiger partial charge in [-0.2, -0.15) is 0 Å². The molecule has 2 unspecified atom stereocenters. The van der Waals surface area contributed by atoms with Gasteiger partial charge in [-0.15, -0.1) is 24.5 Å². The van der Waals surface area contributed by atoms with Gasteiger partial charge in [0.15, 0.2) is 0 Å². The highest BCUT2D eigenvalue weighted by molar-refractivity contribution is 7.81. The van der Waals surface area contributed by atoms with E-state index in [9.17, 15) is 26.7 Å². The monoisotopic (exact) mass is 527 g/mol. The van der Waals surface area contributed by atoms with Crippen LogP contribution in [0.25, 0.3) is 10.1 Å². The lowest BCUT2D eigenvalue weighted by Gasteiger charge is -2.36. The van der Waals surface area contributed by atoms with Crippen LogP contribution in [0.5, 0.6) is 5.75 Å². The van der Waals surface area contributed by atoms with Crippen LogP contribution in [0.1, 0.15) is 11.1 Å². The predicted octanol–water partition coefficient (Wildman–Crippen LogP) is 4.09. The van der Waals surface area contributed by atoms with Crippen LogP contribution in [0.4, 0.5) is 18.2 Å². The second-order valence-electron chi connectivity index (χ2n) is 8.19. The number of hydrogen-bond donors (Lipinski definition) is 2. The Balaban J connectivity index is 1.61. The average molecular weight is 528 g/mol. The Kier molecular flexibility index (Phi) is 7.64. The highest BCUT2D eigenvalue weighted by Gasteiger charge is 2.32. The van der Waals surface area contributed by atoms with Gasteiger partial charge in [-0.3, -0.25) is 18.6 Å². The van der Waals surface area contributed by atoms with E-state index in [4.69, 9.17) is 0 Å². The Labute approximate surface area is 206 Å². The highest BCUT2D eigenvalue weighted by atomic mass is 32.2. The number of nitrogens with zero attached hydrogens (tertiary/aromatic N) is 2. The van der Waals surface area contributed by atoms with Crippen LogP contribution < -0.4 is 14.4 Å². The standard InChI is InChI=1S/C23H24F3N3O4S2/c1-15-19-4-2-3-5-20(19)34-22(15)29(35(31)32)13-17(28-11-10-27-21(30)14-28)12-16-6-8-18(9-7-16)33-23(24,25)26/h2-9,17H,10-14H2,1H3,(H,27,30)(H,31,32). The van der Waals surface area contributed by atoms with Crippen LogP contribution in [-0.4, -0.2) is 58.2 Å². The molecule has 2 heterocycles. The summed E-state index contributed by atoms with van der Waals surface area (Å²) in [6.07, 6.45) is -4.42. The number of nitrogens with one attached hydrogen (secondary N) is 1. The Morgan fingerprint density at radius 2 is 1.94 bits per heavy atom. The maximum Gasteiger partial charge on any atom is 0.573 e. The van der Waals surface area contributed by atoms with E-state index in [0.717, 1.165) is 15.6 Å². The van der Waals surface area contributed by atoms with Crippen molar-refractivity contribution < 1.29 is 31.5 Å². The van der Waals surface area contributed by atoms with Gasteiger partial charge in [0.25, 0.3) is 11.3 Å². The lowest BCUT2D eigenvalue weighted by molar-refractivity contribution is -0.274. The summed E-state index contributed by atoms with van der Waals surface area (Å²) < 4.78 is 66.5. The molecule has 1 amide bonds. The minimum Gasteiger partial charge on any atom is -0.406 e. The van der Waals surface area contributed by atoms with E-state index in [1.807, 2.05) is 36.1 Å². The van der Waals surface area contributed by atoms with Crippen LogP contribution in [0.3, 0.4) is 0 Å². The molecule has 3 aromatic rings. The maximum atomic E-state index is 12.5. The molecule has 0 spiro atoms. The first kappa shape index (κ1) is 25.4. The van der Waals surface area contributed by atoms with Crippen molar-refractivity contribution in [2.45, 2.75) is 25.7 Å². The minimum atomic E-state index is -4.78. The number of carbonyl (C=O) groups is 1. The van der Waals surface area contributed by atoms with Crippen molar-refractivity contribution in [2.24, 2.45) is 0 Å². The Morgan fingerprint density at radius 1 is 1.23 bits per heavy atom. The van der Waals surface area contributed by atoms with Crippen LogP contribution in [0, 0.1) is 6.92 Å². The summed E-state index contributed by atoms with van der Waals surface area (Å²) in [4.78, 5) is 14.0. The van der Waals surface area contributed by atoms with Crippen LogP contribution in [-0.2, 0) is 22.5 Å². The summed E-state index contributed by atoms with van der Waals surface area (Å²) in [5.74, 6) is -0.473. The summed E-state index contributed by atoms with van der Waals surface area (Å²) in [5.41, 5.74) is 1.60. The zero-order valence-corrected chi connectivity index (χ0v) is 20.4. The maximum absolute atomic E-state index is 12.5. The van der Waals surface area contributed by atoms with E-state index in [1.54, 1.807) is 0 Å². The van der Waals surface area contributed by atoms with Gasteiger partial charge in [-0.05, 0) is 48.1 Å². The first-order valence-electron chi connectivity index (χ1n) is 10.8. The zero-order chi connectivity index (χ0) is 25.2. The van der Waals surface area contributed by atoms with E-state index < -0.39 is 17.6 Å². The molecule has 1 aliphatic rings. The molecular weight excluding hydrogens is 503 g/mol. The van der Waals surface area contributed by atoms with E-state index in [1.165, 1.54) is 39.9 Å². The first-order chi connectivity index (χ1) is 16.6. The van der Waals surface area contributed by atoms with E-state index in [-0.39, 0.29) is 30.8 Å². The number of anilines is 1. The fourth-order valence-corrected chi connectivity index (χ4v) is 6.19. The molecule has 2 atom stereocenters. The number of thiophene rings is 1. The summed E-state index contributed by atoms with van der Waals surface area (Å²) in [6, 6.07) is 12.9. The minimum absolute atomic E-state index is 0.122. The fourth-order valence-electron chi connectivity index (χ4n) is 4.19. The van der Waals surface area contributed by atoms with Gasteiger partial charge in [0.05, 0.1) is 13.1 Å². The Morgan fingerprint density at radius 3 is 2.57 bits per heavy atom. The molecule has 1 aliphatic heterocycles. The largest absolute Gasteiger partial charge is 0.573 e. The third kappa shape index (κ3) is 6.31. The zero-order valence-electron chi connectivity index (χ0n) is 18.7. The normalized spacial score (nSPS) is 16.7. The SMILES string of the molecule is Cc1c(N(CC(Cc2ccc(OC(F)(F)F)cc2)N2CCNC(=O)C2)S(=O)O)sc2ccccc12. The summed E-state index contributed by atoms with van der Waals surface area (Å²) in [7, 11) is 0. The van der Waals surface area contributed by atoms with E-state index in [2.05, 4.69) is 10.1 Å². The molecule has 0 bridgehead atoms. The molecule has 188 valence electrons. The van der Waals surface area contributed by atoms with Crippen molar-refractivity contribution in [1.82, 2.24) is 10.2 Å². The topological polar surface area (TPSA) is 82.1 Å². The Hall–Kier alpha value is -2.67. The second-order valence-corrected chi connectivity index (χ2v) is 10.1. The first-order valence-corrected chi connectivity index (χ1v) is 12.7. The summed E-state index contributed by atoms with van der Waals surface area (Å²) in [5, 5.41) is 4.43. The van der Waals surface area contributed by atoms with E-state index >= 15 is 0 Å². The molecule has 2 N–H and O–H groups in total. The van der Waals surface area contributed by atoms with E-state index in [0.29, 0.717) is 30.1 Å². The van der Waals surface area contributed by atoms with Gasteiger partial charge < -0.3 is 10.1 Å². The predicted molar refractivity (Wildman–Crippen MR) is 130 cm³/mol. The number of rotatable bonds is 8. The van der Waals surface area contributed by atoms with Gasteiger partial charge in [0, 0.05) is 23.8 Å². The number of carbonyl (C=O) groups excluding carboxylic acids is 1. The average Bonchev–Trinajstić information content (AvgIpc) is 3.13. The molecule has 12 heteroatoms. The lowest BCUT2D eigenvalue weighted by Crippen LogP contribution is -2.55. The molecule has 35 heavy (non-hydrogen) atoms. The number of hydrogen-bond acceptors (Lipinski definition) is 5. The van der Waals surface area contributed by atoms with Gasteiger partial charge >= 0.3 is 6.36 Å². The number of ether oxygens (including phenoxy) is 1. The van der Waals surface area contributed by atoms with Crippen LogP contribution >= 0.6 is 11.3 Å². The van der Waals surface area contributed by atoms with Gasteiger partial charge in [0.1, 0.15) is 10.8 Å². The number of halogens is 3. The molecule has 1 saturated heterocycles. The second kappa shape index (κ2) is 10.5. The van der Waals surface area contributed by atoms with Gasteiger partial charge in [0.2, 0.25) is 5.91 Å². The number of aryl methyl sites for hydroxylation is 1. The summed E-state index contributed by atoms with van der Waals surface area (Å²) >= 11 is -0.912. The third-order valence-electron chi connectivity index (χ3n) is 5.82. The lowest BCUT2D eigenvalue weighted by atomic mass is 10.0. The molecule has 0 radical (unpaired) electrons. The molecular formula is C23H24F3N3O4S2. The highest BCUT2D eigenvalue weighted by Crippen LogP contribution is 2.38. The molecule has 1 aromatic heterocycles. The number of piperazine rings is 1. The number of benzene rings is 2. The number of fused-ring (bicyclic) bond motifs is 1. The molecule has 4 rings (SSSR count).